The quantitative estimate of drug-likeness (QED) is 0.633. The number of rotatable bonds is 6. The van der Waals surface area contributed by atoms with Crippen molar-refractivity contribution in [3.8, 4) is 5.75 Å². The Kier molecular flexibility index (Phi) is 5.40. The van der Waals surface area contributed by atoms with Crippen LogP contribution in [0.15, 0.2) is 24.3 Å². The van der Waals surface area contributed by atoms with E-state index in [4.69, 9.17) is 9.84 Å². The third kappa shape index (κ3) is 4.67. The molecule has 1 N–H and O–H groups in total. The first-order valence-electron chi connectivity index (χ1n) is 7.18. The number of esters is 1. The van der Waals surface area contributed by atoms with Crippen molar-refractivity contribution in [2.75, 3.05) is 6.61 Å². The lowest BCUT2D eigenvalue weighted by Gasteiger charge is -2.09. The zero-order chi connectivity index (χ0) is 13.5. The molecule has 0 heterocycles. The maximum atomic E-state index is 11.8. The summed E-state index contributed by atoms with van der Waals surface area (Å²) in [6.45, 7) is 0.206. The predicted octanol–water partition coefficient (Wildman–Crippen LogP) is 3.10. The van der Waals surface area contributed by atoms with Gasteiger partial charge in [-0.25, -0.2) is 0 Å². The topological polar surface area (TPSA) is 46.5 Å². The zero-order valence-electron chi connectivity index (χ0n) is 11.3. The number of aliphatic hydroxyl groups is 1. The van der Waals surface area contributed by atoms with E-state index < -0.39 is 0 Å². The van der Waals surface area contributed by atoms with Crippen LogP contribution < -0.4 is 4.74 Å². The predicted molar refractivity (Wildman–Crippen MR) is 74.1 cm³/mol. The minimum atomic E-state index is -0.116. The van der Waals surface area contributed by atoms with Gasteiger partial charge in [-0.15, -0.1) is 0 Å². The summed E-state index contributed by atoms with van der Waals surface area (Å²) < 4.78 is 5.35. The molecule has 1 aliphatic rings. The van der Waals surface area contributed by atoms with Crippen LogP contribution in [0.3, 0.4) is 0 Å². The summed E-state index contributed by atoms with van der Waals surface area (Å²) >= 11 is 0. The Balaban J connectivity index is 1.79. The van der Waals surface area contributed by atoms with Crippen molar-refractivity contribution in [3.63, 3.8) is 0 Å². The molecular formula is C16H22O3. The largest absolute Gasteiger partial charge is 0.427 e. The van der Waals surface area contributed by atoms with Crippen LogP contribution in [0.1, 0.15) is 44.1 Å². The van der Waals surface area contributed by atoms with Crippen molar-refractivity contribution in [2.24, 2.45) is 5.92 Å². The molecule has 3 heteroatoms. The first-order valence-corrected chi connectivity index (χ1v) is 7.18. The van der Waals surface area contributed by atoms with Crippen LogP contribution in [0.5, 0.6) is 5.75 Å². The molecule has 0 aliphatic heterocycles. The van der Waals surface area contributed by atoms with Crippen molar-refractivity contribution < 1.29 is 14.6 Å². The average Bonchev–Trinajstić information content (AvgIpc) is 2.90. The lowest BCUT2D eigenvalue weighted by molar-refractivity contribution is -0.135. The molecule has 104 valence electrons. The summed E-state index contributed by atoms with van der Waals surface area (Å²) in [6, 6.07) is 7.57. The molecule has 0 aromatic heterocycles. The standard InChI is InChI=1S/C16H22O3/c17-11-3-6-13-7-9-15(10-8-13)19-16(18)12-14-4-1-2-5-14/h7-10,14,17H,1-6,11-12H2. The SMILES string of the molecule is O=C(CC1CCCC1)Oc1ccc(CCCO)cc1. The van der Waals surface area contributed by atoms with E-state index in [9.17, 15) is 4.79 Å². The highest BCUT2D eigenvalue weighted by atomic mass is 16.5. The van der Waals surface area contributed by atoms with Crippen molar-refractivity contribution in [1.82, 2.24) is 0 Å². The van der Waals surface area contributed by atoms with Crippen molar-refractivity contribution in [3.05, 3.63) is 29.8 Å². The van der Waals surface area contributed by atoms with Crippen LogP contribution in [0.25, 0.3) is 0 Å². The first-order chi connectivity index (χ1) is 9.28. The number of benzene rings is 1. The molecule has 0 radical (unpaired) electrons. The van der Waals surface area contributed by atoms with Crippen molar-refractivity contribution in [1.29, 1.82) is 0 Å². The molecule has 0 atom stereocenters. The Morgan fingerprint density at radius 3 is 2.53 bits per heavy atom. The molecule has 0 bridgehead atoms. The highest BCUT2D eigenvalue weighted by Crippen LogP contribution is 2.28. The van der Waals surface area contributed by atoms with E-state index >= 15 is 0 Å². The highest BCUT2D eigenvalue weighted by Gasteiger charge is 2.19. The molecule has 0 spiro atoms. The number of hydrogen-bond donors (Lipinski definition) is 1. The second-order valence-corrected chi connectivity index (χ2v) is 5.30. The maximum absolute atomic E-state index is 11.8. The molecule has 1 aromatic carbocycles. The van der Waals surface area contributed by atoms with Gasteiger partial charge in [-0.3, -0.25) is 4.79 Å². The third-order valence-corrected chi connectivity index (χ3v) is 3.71. The lowest BCUT2D eigenvalue weighted by atomic mass is 10.0. The summed E-state index contributed by atoms with van der Waals surface area (Å²) in [6.07, 6.45) is 6.99. The molecule has 1 saturated carbocycles. The number of aryl methyl sites for hydroxylation is 1. The third-order valence-electron chi connectivity index (χ3n) is 3.71. The molecule has 2 rings (SSSR count). The fourth-order valence-electron chi connectivity index (χ4n) is 2.63. The second-order valence-electron chi connectivity index (χ2n) is 5.30. The summed E-state index contributed by atoms with van der Waals surface area (Å²) in [5.41, 5.74) is 1.16. The van der Waals surface area contributed by atoms with Crippen LogP contribution >= 0.6 is 0 Å². The average molecular weight is 262 g/mol. The molecule has 0 saturated heterocycles. The van der Waals surface area contributed by atoms with Gasteiger partial charge in [0.15, 0.2) is 0 Å². The number of carbonyl (C=O) groups is 1. The van der Waals surface area contributed by atoms with Crippen LogP contribution in [-0.2, 0) is 11.2 Å². The summed E-state index contributed by atoms with van der Waals surface area (Å²) in [4.78, 5) is 11.8. The molecule has 19 heavy (non-hydrogen) atoms. The van der Waals surface area contributed by atoms with Gasteiger partial charge in [0.25, 0.3) is 0 Å². The van der Waals surface area contributed by atoms with Gasteiger partial charge in [0, 0.05) is 13.0 Å². The lowest BCUT2D eigenvalue weighted by Crippen LogP contribution is -2.12. The molecule has 0 amide bonds. The van der Waals surface area contributed by atoms with Gasteiger partial charge in [-0.05, 0) is 49.3 Å². The fourth-order valence-corrected chi connectivity index (χ4v) is 2.63. The van der Waals surface area contributed by atoms with Crippen LogP contribution in [-0.4, -0.2) is 17.7 Å². The Morgan fingerprint density at radius 1 is 1.21 bits per heavy atom. The molecule has 1 fully saturated rings. The van der Waals surface area contributed by atoms with E-state index in [1.165, 1.54) is 12.8 Å². The normalized spacial score (nSPS) is 15.6. The van der Waals surface area contributed by atoms with E-state index in [1.54, 1.807) is 0 Å². The van der Waals surface area contributed by atoms with E-state index in [0.717, 1.165) is 31.2 Å². The van der Waals surface area contributed by atoms with Gasteiger partial charge in [0.1, 0.15) is 5.75 Å². The highest BCUT2D eigenvalue weighted by molar-refractivity contribution is 5.72. The van der Waals surface area contributed by atoms with Gasteiger partial charge < -0.3 is 9.84 Å². The van der Waals surface area contributed by atoms with Gasteiger partial charge in [-0.2, -0.15) is 0 Å². The monoisotopic (exact) mass is 262 g/mol. The molecule has 3 nitrogen and oxygen atoms in total. The van der Waals surface area contributed by atoms with Crippen molar-refractivity contribution >= 4 is 5.97 Å². The summed E-state index contributed by atoms with van der Waals surface area (Å²) in [5.74, 6) is 1.03. The number of aliphatic hydroxyl groups excluding tert-OH is 1. The molecule has 1 aromatic rings. The minimum absolute atomic E-state index is 0.116. The maximum Gasteiger partial charge on any atom is 0.311 e. The van der Waals surface area contributed by atoms with Crippen LogP contribution in [0, 0.1) is 5.92 Å². The number of hydrogen-bond acceptors (Lipinski definition) is 3. The molecule has 0 unspecified atom stereocenters. The number of carbonyl (C=O) groups excluding carboxylic acids is 1. The summed E-state index contributed by atoms with van der Waals surface area (Å²) in [5, 5.41) is 8.77. The Bertz CT molecular complexity index is 391. The first kappa shape index (κ1) is 14.1. The second kappa shape index (κ2) is 7.29. The van der Waals surface area contributed by atoms with Gasteiger partial charge in [-0.1, -0.05) is 25.0 Å². The Hall–Kier alpha value is -1.35. The summed E-state index contributed by atoms with van der Waals surface area (Å²) in [7, 11) is 0. The Labute approximate surface area is 114 Å². The van der Waals surface area contributed by atoms with Crippen molar-refractivity contribution in [2.45, 2.75) is 44.9 Å². The van der Waals surface area contributed by atoms with Crippen LogP contribution in [0.2, 0.25) is 0 Å². The van der Waals surface area contributed by atoms with E-state index in [2.05, 4.69) is 0 Å². The smallest absolute Gasteiger partial charge is 0.311 e. The zero-order valence-corrected chi connectivity index (χ0v) is 11.3. The van der Waals surface area contributed by atoms with E-state index in [0.29, 0.717) is 18.1 Å². The van der Waals surface area contributed by atoms with Gasteiger partial charge >= 0.3 is 5.97 Å². The van der Waals surface area contributed by atoms with Crippen LogP contribution in [0.4, 0.5) is 0 Å². The minimum Gasteiger partial charge on any atom is -0.427 e. The molecular weight excluding hydrogens is 240 g/mol. The van der Waals surface area contributed by atoms with E-state index in [1.807, 2.05) is 24.3 Å². The molecule has 1 aliphatic carbocycles. The fraction of sp³-hybridized carbons (Fsp3) is 0.562. The van der Waals surface area contributed by atoms with Gasteiger partial charge in [0.2, 0.25) is 0 Å². The Morgan fingerprint density at radius 2 is 1.89 bits per heavy atom. The van der Waals surface area contributed by atoms with Gasteiger partial charge in [0.05, 0.1) is 0 Å². The number of ether oxygens (including phenoxy) is 1. The van der Waals surface area contributed by atoms with E-state index in [-0.39, 0.29) is 12.6 Å².